The number of halogens is 2. The Balaban J connectivity index is 2.09. The Bertz CT molecular complexity index is 1520. The lowest BCUT2D eigenvalue weighted by molar-refractivity contribution is -0.384. The highest BCUT2D eigenvalue weighted by molar-refractivity contribution is 7.92. The van der Waals surface area contributed by atoms with Gasteiger partial charge in [-0.05, 0) is 35.7 Å². The van der Waals surface area contributed by atoms with Gasteiger partial charge in [-0.3, -0.25) is 24.0 Å². The zero-order valence-electron chi connectivity index (χ0n) is 22.0. The molecule has 0 bridgehead atoms. The minimum Gasteiger partial charge on any atom is -0.357 e. The van der Waals surface area contributed by atoms with Crippen LogP contribution in [0.15, 0.2) is 66.7 Å². The van der Waals surface area contributed by atoms with E-state index in [9.17, 15) is 28.1 Å². The Morgan fingerprint density at radius 3 is 2.25 bits per heavy atom. The van der Waals surface area contributed by atoms with Crippen molar-refractivity contribution in [1.29, 1.82) is 0 Å². The molecule has 1 N–H and O–H groups in total. The number of nitro benzene ring substituents is 1. The number of aryl methyl sites for hydroxylation is 1. The highest BCUT2D eigenvalue weighted by Gasteiger charge is 2.33. The number of hydrogen-bond acceptors (Lipinski definition) is 6. The van der Waals surface area contributed by atoms with Crippen molar-refractivity contribution in [2.75, 3.05) is 24.2 Å². The largest absolute Gasteiger partial charge is 0.357 e. The first kappa shape index (κ1) is 30.9. The van der Waals surface area contributed by atoms with E-state index in [-0.39, 0.29) is 29.4 Å². The predicted octanol–water partition coefficient (Wildman–Crippen LogP) is 4.36. The first-order valence-electron chi connectivity index (χ1n) is 12.0. The van der Waals surface area contributed by atoms with Crippen molar-refractivity contribution in [1.82, 2.24) is 10.2 Å². The maximum absolute atomic E-state index is 14.0. The average molecular weight is 608 g/mol. The third-order valence-electron chi connectivity index (χ3n) is 6.21. The van der Waals surface area contributed by atoms with Crippen molar-refractivity contribution < 1.29 is 22.9 Å². The lowest BCUT2D eigenvalue weighted by atomic mass is 10.0. The SMILES string of the molecule is CNC(=O)C(Cc1ccccc1)N(Cc1ccc(Cl)c(Cl)c1)C(=O)CN(c1cc([N+](=O)[O-])ccc1C)S(C)(=O)=O. The van der Waals surface area contributed by atoms with Gasteiger partial charge in [0.25, 0.3) is 5.69 Å². The maximum Gasteiger partial charge on any atom is 0.271 e. The summed E-state index contributed by atoms with van der Waals surface area (Å²) in [6, 6.07) is 16.6. The quantitative estimate of drug-likeness (QED) is 0.255. The molecule has 0 aromatic heterocycles. The van der Waals surface area contributed by atoms with E-state index in [4.69, 9.17) is 23.2 Å². The predicted molar refractivity (Wildman–Crippen MR) is 155 cm³/mol. The van der Waals surface area contributed by atoms with Crippen LogP contribution < -0.4 is 9.62 Å². The van der Waals surface area contributed by atoms with E-state index >= 15 is 0 Å². The van der Waals surface area contributed by atoms with E-state index in [1.54, 1.807) is 37.3 Å². The fraction of sp³-hybridized carbons (Fsp3) is 0.259. The molecule has 0 aliphatic rings. The van der Waals surface area contributed by atoms with E-state index in [2.05, 4.69) is 5.32 Å². The number of hydrogen-bond donors (Lipinski definition) is 1. The molecule has 0 heterocycles. The summed E-state index contributed by atoms with van der Waals surface area (Å²) >= 11 is 12.3. The molecule has 13 heteroatoms. The lowest BCUT2D eigenvalue weighted by Gasteiger charge is -2.33. The fourth-order valence-electron chi connectivity index (χ4n) is 4.13. The number of anilines is 1. The highest BCUT2D eigenvalue weighted by atomic mass is 35.5. The van der Waals surface area contributed by atoms with Crippen LogP contribution in [0.2, 0.25) is 10.0 Å². The van der Waals surface area contributed by atoms with Gasteiger partial charge in [0.15, 0.2) is 0 Å². The smallest absolute Gasteiger partial charge is 0.271 e. The first-order valence-corrected chi connectivity index (χ1v) is 14.6. The van der Waals surface area contributed by atoms with E-state index in [0.29, 0.717) is 16.1 Å². The van der Waals surface area contributed by atoms with Gasteiger partial charge >= 0.3 is 0 Å². The molecule has 40 heavy (non-hydrogen) atoms. The molecule has 10 nitrogen and oxygen atoms in total. The Labute approximate surface area is 242 Å². The molecule has 2 amide bonds. The highest BCUT2D eigenvalue weighted by Crippen LogP contribution is 2.29. The molecule has 1 unspecified atom stereocenters. The van der Waals surface area contributed by atoms with Gasteiger partial charge in [-0.2, -0.15) is 0 Å². The third kappa shape index (κ3) is 7.71. The van der Waals surface area contributed by atoms with Crippen LogP contribution in [-0.4, -0.2) is 55.9 Å². The molecule has 0 spiro atoms. The van der Waals surface area contributed by atoms with Gasteiger partial charge < -0.3 is 10.2 Å². The Hall–Kier alpha value is -3.67. The number of nitrogens with one attached hydrogen (secondary N) is 1. The van der Waals surface area contributed by atoms with Crippen LogP contribution in [0, 0.1) is 17.0 Å². The molecular weight excluding hydrogens is 579 g/mol. The molecule has 3 rings (SSSR count). The second-order valence-electron chi connectivity index (χ2n) is 9.09. The molecule has 1 atom stereocenters. The molecule has 0 fully saturated rings. The molecular formula is C27H28Cl2N4O6S. The van der Waals surface area contributed by atoms with Gasteiger partial charge in [-0.25, -0.2) is 8.42 Å². The van der Waals surface area contributed by atoms with Crippen molar-refractivity contribution in [2.24, 2.45) is 0 Å². The van der Waals surface area contributed by atoms with E-state index in [1.807, 2.05) is 18.2 Å². The van der Waals surface area contributed by atoms with Crippen molar-refractivity contribution in [3.63, 3.8) is 0 Å². The van der Waals surface area contributed by atoms with Crippen LogP contribution in [0.1, 0.15) is 16.7 Å². The summed E-state index contributed by atoms with van der Waals surface area (Å²) in [6.45, 7) is 0.786. The Morgan fingerprint density at radius 1 is 1.00 bits per heavy atom. The zero-order chi connectivity index (χ0) is 29.6. The number of amides is 2. The van der Waals surface area contributed by atoms with Crippen LogP contribution >= 0.6 is 23.2 Å². The summed E-state index contributed by atoms with van der Waals surface area (Å²) in [5.41, 5.74) is 1.40. The van der Waals surface area contributed by atoms with E-state index in [0.717, 1.165) is 22.2 Å². The van der Waals surface area contributed by atoms with Gasteiger partial charge in [-0.1, -0.05) is 65.7 Å². The van der Waals surface area contributed by atoms with Crippen LogP contribution in [-0.2, 0) is 32.6 Å². The topological polar surface area (TPSA) is 130 Å². The molecule has 0 radical (unpaired) electrons. The summed E-state index contributed by atoms with van der Waals surface area (Å²) in [4.78, 5) is 39.1. The molecule has 0 aliphatic heterocycles. The molecule has 3 aromatic rings. The van der Waals surface area contributed by atoms with E-state index in [1.165, 1.54) is 24.1 Å². The number of likely N-dealkylation sites (N-methyl/N-ethyl adjacent to an activating group) is 1. The second kappa shape index (κ2) is 13.1. The van der Waals surface area contributed by atoms with Crippen LogP contribution in [0.25, 0.3) is 0 Å². The Kier molecular flexibility index (Phi) is 10.1. The number of nitrogens with zero attached hydrogens (tertiary/aromatic N) is 3. The third-order valence-corrected chi connectivity index (χ3v) is 8.07. The summed E-state index contributed by atoms with van der Waals surface area (Å²) in [7, 11) is -2.64. The van der Waals surface area contributed by atoms with Gasteiger partial charge in [-0.15, -0.1) is 0 Å². The van der Waals surface area contributed by atoms with Gasteiger partial charge in [0.05, 0.1) is 26.9 Å². The number of carbonyl (C=O) groups excluding carboxylic acids is 2. The van der Waals surface area contributed by atoms with Crippen molar-refractivity contribution in [2.45, 2.75) is 25.9 Å². The Morgan fingerprint density at radius 2 is 1.68 bits per heavy atom. The van der Waals surface area contributed by atoms with Gasteiger partial charge in [0.1, 0.15) is 12.6 Å². The summed E-state index contributed by atoms with van der Waals surface area (Å²) in [5.74, 6) is -1.17. The molecule has 212 valence electrons. The summed E-state index contributed by atoms with van der Waals surface area (Å²) in [5, 5.41) is 14.5. The normalized spacial score (nSPS) is 11.9. The minimum atomic E-state index is -4.08. The first-order chi connectivity index (χ1) is 18.8. The van der Waals surface area contributed by atoms with Gasteiger partial charge in [0.2, 0.25) is 21.8 Å². The van der Waals surface area contributed by atoms with Crippen LogP contribution in [0.5, 0.6) is 0 Å². The number of carbonyl (C=O) groups is 2. The molecule has 0 aliphatic carbocycles. The number of rotatable bonds is 11. The monoisotopic (exact) mass is 606 g/mol. The maximum atomic E-state index is 14.0. The minimum absolute atomic E-state index is 0.0147. The van der Waals surface area contributed by atoms with E-state index < -0.39 is 39.3 Å². The van der Waals surface area contributed by atoms with Crippen molar-refractivity contribution in [3.05, 3.63) is 104 Å². The summed E-state index contributed by atoms with van der Waals surface area (Å²) in [6.07, 6.45) is 1.05. The van der Waals surface area contributed by atoms with Crippen LogP contribution in [0.3, 0.4) is 0 Å². The number of benzene rings is 3. The average Bonchev–Trinajstić information content (AvgIpc) is 2.91. The van der Waals surface area contributed by atoms with Crippen LogP contribution in [0.4, 0.5) is 11.4 Å². The standard InChI is InChI=1S/C27H28Cl2N4O6S/c1-18-9-11-21(33(36)37)15-24(18)32(40(3,38)39)17-26(34)31(16-20-10-12-22(28)23(29)13-20)25(27(35)30-2)14-19-7-5-4-6-8-19/h4-13,15,25H,14,16-17H2,1-3H3,(H,30,35). The number of non-ortho nitro benzene ring substituents is 1. The molecule has 0 saturated heterocycles. The van der Waals surface area contributed by atoms with Crippen molar-refractivity contribution >= 4 is 56.4 Å². The zero-order valence-corrected chi connectivity index (χ0v) is 24.3. The molecule has 0 saturated carbocycles. The number of nitro groups is 1. The molecule has 3 aromatic carbocycles. The number of sulfonamides is 1. The second-order valence-corrected chi connectivity index (χ2v) is 11.8. The lowest BCUT2D eigenvalue weighted by Crippen LogP contribution is -2.53. The fourth-order valence-corrected chi connectivity index (χ4v) is 5.35. The summed E-state index contributed by atoms with van der Waals surface area (Å²) < 4.78 is 26.6. The van der Waals surface area contributed by atoms with Crippen molar-refractivity contribution in [3.8, 4) is 0 Å². The van der Waals surface area contributed by atoms with Gasteiger partial charge in [0, 0.05) is 32.1 Å².